The molecule has 1 saturated heterocycles. The summed E-state index contributed by atoms with van der Waals surface area (Å²) >= 11 is 1.74. The molecule has 0 radical (unpaired) electrons. The summed E-state index contributed by atoms with van der Waals surface area (Å²) in [5.41, 5.74) is 5.67. The van der Waals surface area contributed by atoms with Crippen molar-refractivity contribution >= 4 is 41.7 Å². The fraction of sp³-hybridized carbons (Fsp3) is 0.531. The molecule has 4 heterocycles. The van der Waals surface area contributed by atoms with Gasteiger partial charge in [0, 0.05) is 47.5 Å². The molecule has 0 saturated carbocycles. The number of hydrogen-bond donors (Lipinski definition) is 0. The molecule has 0 spiro atoms. The third-order valence-electron chi connectivity index (χ3n) is 8.54. The SMILES string of the molecule is CC(C)(C)OC(=O)N1CC(N2CCCc3cc(C#N)cc(-c4ccnc5cc(CO[Si](C)(C)C(C)(C)C)sc45)c32)C1. The maximum absolute atomic E-state index is 12.6. The molecule has 41 heavy (non-hydrogen) atoms. The molecule has 0 bridgehead atoms. The first-order valence-electron chi connectivity index (χ1n) is 14.5. The van der Waals surface area contributed by atoms with E-state index in [1.54, 1.807) is 16.2 Å². The second-order valence-electron chi connectivity index (χ2n) is 13.8. The van der Waals surface area contributed by atoms with Gasteiger partial charge in [0.15, 0.2) is 8.32 Å². The normalized spacial score (nSPS) is 16.4. The van der Waals surface area contributed by atoms with E-state index in [9.17, 15) is 10.1 Å². The standard InChI is InChI=1S/C32H42N4O3SSi/c1-31(2,3)39-30(37)35-18-23(19-35)36-13-9-10-22-14-21(17-33)15-26(28(22)36)25-11-12-34-27-16-24(40-29(25)27)20-38-41(7,8)32(4,5)6/h11-12,14-16,23H,9-10,13,18-20H2,1-8H3. The van der Waals surface area contributed by atoms with Crippen LogP contribution in [0, 0.1) is 11.3 Å². The van der Waals surface area contributed by atoms with Gasteiger partial charge in [0.1, 0.15) is 5.60 Å². The van der Waals surface area contributed by atoms with Crippen molar-refractivity contribution in [3.05, 3.63) is 46.5 Å². The van der Waals surface area contributed by atoms with E-state index in [1.165, 1.54) is 16.1 Å². The summed E-state index contributed by atoms with van der Waals surface area (Å²) in [5, 5.41) is 10.1. The number of anilines is 1. The Bertz CT molecular complexity index is 1510. The van der Waals surface area contributed by atoms with Crippen molar-refractivity contribution in [2.24, 2.45) is 0 Å². The number of benzene rings is 1. The number of fused-ring (bicyclic) bond motifs is 2. The molecule has 218 valence electrons. The topological polar surface area (TPSA) is 78.7 Å². The summed E-state index contributed by atoms with van der Waals surface area (Å²) in [6, 6.07) is 10.9. The largest absolute Gasteiger partial charge is 0.444 e. The van der Waals surface area contributed by atoms with Gasteiger partial charge >= 0.3 is 6.09 Å². The lowest BCUT2D eigenvalue weighted by Gasteiger charge is -2.48. The Balaban J connectivity index is 1.49. The van der Waals surface area contributed by atoms with Crippen LogP contribution in [0.25, 0.3) is 21.3 Å². The van der Waals surface area contributed by atoms with Crippen molar-refractivity contribution < 1.29 is 14.0 Å². The van der Waals surface area contributed by atoms with E-state index in [0.717, 1.165) is 40.7 Å². The van der Waals surface area contributed by atoms with Crippen LogP contribution >= 0.6 is 11.3 Å². The summed E-state index contributed by atoms with van der Waals surface area (Å²) in [7, 11) is -1.89. The Labute approximate surface area is 249 Å². The van der Waals surface area contributed by atoms with Crippen LogP contribution in [0.15, 0.2) is 30.5 Å². The van der Waals surface area contributed by atoms with E-state index in [4.69, 9.17) is 14.1 Å². The summed E-state index contributed by atoms with van der Waals surface area (Å²) in [6.45, 7) is 19.8. The molecule has 3 aromatic rings. The van der Waals surface area contributed by atoms with E-state index in [0.29, 0.717) is 25.3 Å². The number of pyridine rings is 1. The van der Waals surface area contributed by atoms with Gasteiger partial charge in [-0.2, -0.15) is 5.26 Å². The van der Waals surface area contributed by atoms with Gasteiger partial charge in [0.2, 0.25) is 0 Å². The van der Waals surface area contributed by atoms with Crippen molar-refractivity contribution in [3.8, 4) is 17.2 Å². The number of ether oxygens (including phenoxy) is 1. The zero-order valence-corrected chi connectivity index (χ0v) is 27.4. The van der Waals surface area contributed by atoms with Crippen LogP contribution in [0.3, 0.4) is 0 Å². The number of nitrogens with zero attached hydrogens (tertiary/aromatic N) is 4. The Hall–Kier alpha value is -2.93. The van der Waals surface area contributed by atoms with E-state index < -0.39 is 13.9 Å². The predicted molar refractivity (Wildman–Crippen MR) is 169 cm³/mol. The molecule has 2 aromatic heterocycles. The molecular weight excluding hydrogens is 549 g/mol. The molecule has 0 aliphatic carbocycles. The van der Waals surface area contributed by atoms with Crippen LogP contribution in [0.1, 0.15) is 64.0 Å². The minimum atomic E-state index is -1.89. The summed E-state index contributed by atoms with van der Waals surface area (Å²) in [5.74, 6) is 0. The Morgan fingerprint density at radius 3 is 2.54 bits per heavy atom. The average Bonchev–Trinajstić information content (AvgIpc) is 3.27. The Morgan fingerprint density at radius 2 is 1.88 bits per heavy atom. The van der Waals surface area contributed by atoms with Gasteiger partial charge in [-0.15, -0.1) is 11.3 Å². The Morgan fingerprint density at radius 1 is 1.15 bits per heavy atom. The van der Waals surface area contributed by atoms with E-state index in [-0.39, 0.29) is 17.2 Å². The summed E-state index contributed by atoms with van der Waals surface area (Å²) in [6.07, 6.45) is 3.56. The average molecular weight is 591 g/mol. The Kier molecular flexibility index (Phi) is 7.73. The molecule has 0 atom stereocenters. The highest BCUT2D eigenvalue weighted by molar-refractivity contribution is 7.19. The zero-order chi connectivity index (χ0) is 29.7. The van der Waals surface area contributed by atoms with Crippen LogP contribution in [-0.2, 0) is 22.2 Å². The third-order valence-corrected chi connectivity index (χ3v) is 14.1. The quantitative estimate of drug-likeness (QED) is 0.283. The van der Waals surface area contributed by atoms with Crippen molar-refractivity contribution in [3.63, 3.8) is 0 Å². The summed E-state index contributed by atoms with van der Waals surface area (Å²) in [4.78, 5) is 22.8. The first kappa shape index (κ1) is 29.6. The van der Waals surface area contributed by atoms with Gasteiger partial charge in [0.05, 0.1) is 34.5 Å². The predicted octanol–water partition coefficient (Wildman–Crippen LogP) is 7.73. The van der Waals surface area contributed by atoms with Crippen LogP contribution in [0.5, 0.6) is 0 Å². The lowest BCUT2D eigenvalue weighted by atomic mass is 9.90. The molecule has 7 nitrogen and oxygen atoms in total. The lowest BCUT2D eigenvalue weighted by Crippen LogP contribution is -2.62. The third kappa shape index (κ3) is 6.01. The molecule has 0 unspecified atom stereocenters. The number of carbonyl (C=O) groups is 1. The molecule has 9 heteroatoms. The molecule has 0 N–H and O–H groups in total. The minimum Gasteiger partial charge on any atom is -0.444 e. The van der Waals surface area contributed by atoms with Gasteiger partial charge in [-0.3, -0.25) is 4.98 Å². The first-order valence-corrected chi connectivity index (χ1v) is 18.2. The number of amides is 1. The summed E-state index contributed by atoms with van der Waals surface area (Å²) < 4.78 is 13.3. The van der Waals surface area contributed by atoms with E-state index >= 15 is 0 Å². The molecule has 1 amide bonds. The van der Waals surface area contributed by atoms with Gasteiger partial charge in [-0.1, -0.05) is 20.8 Å². The van der Waals surface area contributed by atoms with Crippen LogP contribution < -0.4 is 4.90 Å². The highest BCUT2D eigenvalue weighted by Gasteiger charge is 2.40. The van der Waals surface area contributed by atoms with Crippen molar-refractivity contribution in [1.82, 2.24) is 9.88 Å². The second kappa shape index (κ2) is 10.7. The number of aromatic nitrogens is 1. The zero-order valence-electron chi connectivity index (χ0n) is 25.6. The van der Waals surface area contributed by atoms with Crippen LogP contribution in [0.4, 0.5) is 10.5 Å². The maximum atomic E-state index is 12.6. The molecule has 1 aromatic carbocycles. The van der Waals surface area contributed by atoms with Crippen molar-refractivity contribution in [2.45, 2.75) is 90.8 Å². The highest BCUT2D eigenvalue weighted by Crippen LogP contribution is 2.45. The van der Waals surface area contributed by atoms with Gasteiger partial charge < -0.3 is 19.0 Å². The number of rotatable bonds is 5. The minimum absolute atomic E-state index is 0.147. The fourth-order valence-electron chi connectivity index (χ4n) is 5.28. The number of hydrogen-bond acceptors (Lipinski definition) is 7. The van der Waals surface area contributed by atoms with Crippen molar-refractivity contribution in [1.29, 1.82) is 5.26 Å². The number of thiophene rings is 1. The highest BCUT2D eigenvalue weighted by atomic mass is 32.1. The first-order chi connectivity index (χ1) is 19.2. The van der Waals surface area contributed by atoms with Gasteiger partial charge in [0.25, 0.3) is 0 Å². The maximum Gasteiger partial charge on any atom is 0.410 e. The fourth-order valence-corrected chi connectivity index (χ4v) is 7.39. The van der Waals surface area contributed by atoms with E-state index in [1.807, 2.05) is 39.1 Å². The monoisotopic (exact) mass is 590 g/mol. The number of aryl methyl sites for hydroxylation is 1. The number of nitriles is 1. The lowest BCUT2D eigenvalue weighted by molar-refractivity contribution is 0.00802. The van der Waals surface area contributed by atoms with Crippen LogP contribution in [-0.4, -0.2) is 55.6 Å². The molecular formula is C32H42N4O3SSi. The number of carbonyl (C=O) groups excluding carboxylic acids is 1. The van der Waals surface area contributed by atoms with E-state index in [2.05, 4.69) is 57.0 Å². The van der Waals surface area contributed by atoms with Gasteiger partial charge in [-0.25, -0.2) is 4.79 Å². The van der Waals surface area contributed by atoms with Gasteiger partial charge in [-0.05, 0) is 81.6 Å². The molecule has 5 rings (SSSR count). The molecule has 2 aliphatic heterocycles. The smallest absolute Gasteiger partial charge is 0.410 e. The number of likely N-dealkylation sites (tertiary alicyclic amines) is 1. The van der Waals surface area contributed by atoms with Crippen LogP contribution in [0.2, 0.25) is 18.1 Å². The van der Waals surface area contributed by atoms with Crippen molar-refractivity contribution in [2.75, 3.05) is 24.5 Å². The second-order valence-corrected chi connectivity index (χ2v) is 19.8. The molecule has 1 fully saturated rings. The molecule has 2 aliphatic rings.